The molecule has 0 aromatic rings. The normalized spacial score (nSPS) is 18.2. The van der Waals surface area contributed by atoms with E-state index in [1.54, 1.807) is 4.90 Å². The second-order valence-corrected chi connectivity index (χ2v) is 3.08. The summed E-state index contributed by atoms with van der Waals surface area (Å²) >= 11 is 2.21. The third kappa shape index (κ3) is 1.66. The SMILES string of the molecule is O=C([NH][AlH2])N1CC([O][AlH])C1. The minimum atomic E-state index is 0.0447. The maximum atomic E-state index is 10.9. The summed E-state index contributed by atoms with van der Waals surface area (Å²) in [5.41, 5.74) is 0. The predicted molar refractivity (Wildman–Crippen MR) is 40.7 cm³/mol. The molecular formula is C4H9Al2N2O2. The summed E-state index contributed by atoms with van der Waals surface area (Å²) in [6, 6.07) is 0.0447. The predicted octanol–water partition coefficient (Wildman–Crippen LogP) is -2.24. The van der Waals surface area contributed by atoms with E-state index in [0.717, 1.165) is 29.6 Å². The van der Waals surface area contributed by atoms with Gasteiger partial charge in [-0.05, 0) is 0 Å². The van der Waals surface area contributed by atoms with Crippen molar-refractivity contribution in [3.8, 4) is 0 Å². The van der Waals surface area contributed by atoms with Crippen LogP contribution in [-0.4, -0.2) is 63.3 Å². The fraction of sp³-hybridized carbons (Fsp3) is 0.750. The number of hydrogen-bond acceptors (Lipinski definition) is 2. The average molecular weight is 171 g/mol. The number of amides is 2. The molecule has 10 heavy (non-hydrogen) atoms. The molecule has 0 unspecified atom stereocenters. The number of rotatable bonds is 1. The number of nitrogens with zero attached hydrogens (tertiary/aromatic N) is 1. The molecule has 0 aromatic heterocycles. The quantitative estimate of drug-likeness (QED) is 0.453. The molecule has 1 heterocycles. The molecule has 1 saturated heterocycles. The van der Waals surface area contributed by atoms with Crippen molar-refractivity contribution < 1.29 is 8.58 Å². The average Bonchev–Trinajstić information content (AvgIpc) is 1.85. The molecule has 6 heteroatoms. The molecule has 0 saturated carbocycles. The van der Waals surface area contributed by atoms with Crippen LogP contribution < -0.4 is 4.30 Å². The Hall–Kier alpha value is 0.295. The summed E-state index contributed by atoms with van der Waals surface area (Å²) in [6.45, 7) is 1.50. The Morgan fingerprint density at radius 3 is 2.80 bits per heavy atom. The van der Waals surface area contributed by atoms with Crippen LogP contribution in [0, 0.1) is 0 Å². The number of carbonyl (C=O) groups is 1. The Balaban J connectivity index is 2.19. The van der Waals surface area contributed by atoms with E-state index in [1.807, 2.05) is 0 Å². The zero-order valence-electron chi connectivity index (χ0n) is 5.96. The lowest BCUT2D eigenvalue weighted by Crippen LogP contribution is -2.57. The molecule has 1 radical (unpaired) electrons. The van der Waals surface area contributed by atoms with E-state index < -0.39 is 0 Å². The van der Waals surface area contributed by atoms with E-state index in [0.29, 0.717) is 0 Å². The van der Waals surface area contributed by atoms with Crippen molar-refractivity contribution in [3.05, 3.63) is 0 Å². The topological polar surface area (TPSA) is 41.6 Å². The van der Waals surface area contributed by atoms with Crippen LogP contribution in [0.15, 0.2) is 0 Å². The Labute approximate surface area is 76.3 Å². The van der Waals surface area contributed by atoms with Gasteiger partial charge in [0.15, 0.2) is 0 Å². The fourth-order valence-corrected chi connectivity index (χ4v) is 1.39. The summed E-state index contributed by atoms with van der Waals surface area (Å²) < 4.78 is 7.71. The first-order chi connectivity index (χ1) is 4.77. The lowest BCUT2D eigenvalue weighted by Gasteiger charge is -2.39. The van der Waals surface area contributed by atoms with Gasteiger partial charge in [0.25, 0.3) is 6.03 Å². The van der Waals surface area contributed by atoms with Gasteiger partial charge in [-0.25, -0.2) is 0 Å². The van der Waals surface area contributed by atoms with Crippen LogP contribution in [-0.2, 0) is 3.79 Å². The van der Waals surface area contributed by atoms with Gasteiger partial charge in [0.2, 0.25) is 0 Å². The summed E-state index contributed by atoms with van der Waals surface area (Å²) in [5, 5.41) is 0. The van der Waals surface area contributed by atoms with Crippen molar-refractivity contribution in [2.45, 2.75) is 6.10 Å². The van der Waals surface area contributed by atoms with Gasteiger partial charge in [-0.2, -0.15) is 0 Å². The zero-order chi connectivity index (χ0) is 7.56. The van der Waals surface area contributed by atoms with Gasteiger partial charge in [0, 0.05) is 13.1 Å². The maximum Gasteiger partial charge on any atom is 0.394 e. The standard InChI is InChI=1S/C4H7N2O2.2Al.3H/c5-4(8)6-1-3(7)2-6;;;;;/h3H,1-2H2,(H2,5,8);;;;;/q-1;2*+1;;;/p-1. The van der Waals surface area contributed by atoms with Gasteiger partial charge in [0.05, 0.1) is 6.10 Å². The highest BCUT2D eigenvalue weighted by atomic mass is 27.1. The van der Waals surface area contributed by atoms with E-state index in [2.05, 4.69) is 4.30 Å². The highest BCUT2D eigenvalue weighted by molar-refractivity contribution is 6.13. The number of urea groups is 1. The van der Waals surface area contributed by atoms with Gasteiger partial charge in [-0.3, -0.25) is 4.79 Å². The molecule has 1 fully saturated rings. The number of nitrogens with one attached hydrogen (secondary N) is 1. The Morgan fingerprint density at radius 2 is 2.40 bits per heavy atom. The van der Waals surface area contributed by atoms with Crippen molar-refractivity contribution in [1.29, 1.82) is 0 Å². The Kier molecular flexibility index (Phi) is 3.04. The van der Waals surface area contributed by atoms with E-state index in [4.69, 9.17) is 3.79 Å². The van der Waals surface area contributed by atoms with Crippen LogP contribution in [0.2, 0.25) is 0 Å². The molecule has 0 spiro atoms. The van der Waals surface area contributed by atoms with E-state index in [-0.39, 0.29) is 12.1 Å². The lowest BCUT2D eigenvalue weighted by molar-refractivity contribution is 0.0527. The molecule has 4 nitrogen and oxygen atoms in total. The minimum Gasteiger partial charge on any atom is -0.505 e. The van der Waals surface area contributed by atoms with Crippen LogP contribution in [0.5, 0.6) is 0 Å². The highest BCUT2D eigenvalue weighted by Gasteiger charge is 2.28. The molecule has 0 aliphatic carbocycles. The molecule has 53 valence electrons. The lowest BCUT2D eigenvalue weighted by atomic mass is 10.2. The molecular weight excluding hydrogens is 162 g/mol. The van der Waals surface area contributed by atoms with Gasteiger partial charge >= 0.3 is 33.1 Å². The number of carbonyl (C=O) groups excluding carboxylic acids is 1. The van der Waals surface area contributed by atoms with Gasteiger partial charge in [-0.15, -0.1) is 0 Å². The van der Waals surface area contributed by atoms with Crippen LogP contribution in [0.4, 0.5) is 4.79 Å². The van der Waals surface area contributed by atoms with Gasteiger partial charge < -0.3 is 13.0 Å². The summed E-state index contributed by atoms with van der Waals surface area (Å²) in [6.07, 6.45) is 0.275. The Bertz CT molecular complexity index is 137. The molecule has 0 bridgehead atoms. The van der Waals surface area contributed by atoms with Gasteiger partial charge in [-0.1, -0.05) is 0 Å². The second-order valence-electron chi connectivity index (χ2n) is 2.25. The minimum absolute atomic E-state index is 0.0447. The summed E-state index contributed by atoms with van der Waals surface area (Å²) in [4.78, 5) is 12.6. The number of hydrogen-bond donors (Lipinski definition) is 1. The summed E-state index contributed by atoms with van der Waals surface area (Å²) in [5.74, 6) is 0. The van der Waals surface area contributed by atoms with Crippen molar-refractivity contribution in [2.24, 2.45) is 0 Å². The molecule has 0 atom stereocenters. The maximum absolute atomic E-state index is 10.9. The monoisotopic (exact) mass is 171 g/mol. The third-order valence-electron chi connectivity index (χ3n) is 1.58. The fourth-order valence-electron chi connectivity index (χ4n) is 0.867. The molecule has 2 amide bonds. The first-order valence-electron chi connectivity index (χ1n) is 3.15. The first-order valence-corrected chi connectivity index (χ1v) is 4.73. The van der Waals surface area contributed by atoms with Crippen LogP contribution in [0.1, 0.15) is 0 Å². The van der Waals surface area contributed by atoms with Gasteiger partial charge in [0.1, 0.15) is 0 Å². The van der Waals surface area contributed by atoms with Crippen molar-refractivity contribution in [2.75, 3.05) is 13.1 Å². The molecule has 1 aliphatic heterocycles. The summed E-state index contributed by atoms with van der Waals surface area (Å²) in [7, 11) is 0. The zero-order valence-corrected chi connectivity index (χ0v) is 9.38. The Morgan fingerprint density at radius 1 is 1.80 bits per heavy atom. The first kappa shape index (κ1) is 8.39. The van der Waals surface area contributed by atoms with Crippen LogP contribution in [0.3, 0.4) is 0 Å². The molecule has 1 aliphatic rings. The van der Waals surface area contributed by atoms with Crippen molar-refractivity contribution >= 4 is 39.2 Å². The van der Waals surface area contributed by atoms with Crippen molar-refractivity contribution in [1.82, 2.24) is 9.20 Å². The second kappa shape index (κ2) is 3.62. The largest absolute Gasteiger partial charge is 0.505 e. The number of likely N-dealkylation sites (tertiary alicyclic amines) is 1. The highest BCUT2D eigenvalue weighted by Crippen LogP contribution is 2.09. The molecule has 1 N–H and O–H groups in total. The van der Waals surface area contributed by atoms with Crippen molar-refractivity contribution in [3.63, 3.8) is 0 Å². The molecule has 1 rings (SSSR count). The third-order valence-corrected chi connectivity index (χ3v) is 2.48. The van der Waals surface area contributed by atoms with Crippen LogP contribution in [0.25, 0.3) is 0 Å². The van der Waals surface area contributed by atoms with E-state index in [9.17, 15) is 4.79 Å². The molecule has 0 aromatic carbocycles. The smallest absolute Gasteiger partial charge is 0.394 e. The van der Waals surface area contributed by atoms with Crippen LogP contribution >= 0.6 is 0 Å². The van der Waals surface area contributed by atoms with E-state index >= 15 is 0 Å². The van der Waals surface area contributed by atoms with E-state index in [1.165, 1.54) is 16.6 Å².